The monoisotopic (exact) mass is 206 g/mol. The normalized spacial score (nSPS) is 35.2. The summed E-state index contributed by atoms with van der Waals surface area (Å²) in [5.74, 6) is 0.567. The Morgan fingerprint density at radius 3 is 2.54 bits per heavy atom. The molecule has 5 heteroatoms. The van der Waals surface area contributed by atoms with Crippen LogP contribution in [0, 0.1) is 5.92 Å². The van der Waals surface area contributed by atoms with E-state index in [1.54, 1.807) is 0 Å². The highest BCUT2D eigenvalue weighted by Gasteiger charge is 2.38. The van der Waals surface area contributed by atoms with Gasteiger partial charge in [0.1, 0.15) is 0 Å². The maximum atomic E-state index is 11.1. The molecule has 0 amide bonds. The molecule has 0 spiro atoms. The fourth-order valence-corrected chi connectivity index (χ4v) is 3.16. The third-order valence-corrected chi connectivity index (χ3v) is 3.45. The summed E-state index contributed by atoms with van der Waals surface area (Å²) in [5, 5.41) is 0. The fraction of sp³-hybridized carbons (Fsp3) is 1.00. The molecule has 1 aliphatic rings. The quantitative estimate of drug-likeness (QED) is 0.685. The minimum Gasteiger partial charge on any atom is -0.329 e. The van der Waals surface area contributed by atoms with Crippen LogP contribution < -0.4 is 10.5 Å². The predicted molar refractivity (Wildman–Crippen MR) is 52.8 cm³/mol. The van der Waals surface area contributed by atoms with Gasteiger partial charge in [0, 0.05) is 12.1 Å². The number of nitrogens with one attached hydrogen (secondary N) is 1. The smallest absolute Gasteiger partial charge is 0.209 e. The van der Waals surface area contributed by atoms with Crippen molar-refractivity contribution in [1.29, 1.82) is 0 Å². The van der Waals surface area contributed by atoms with Crippen molar-refractivity contribution in [3.63, 3.8) is 0 Å². The molecule has 1 fully saturated rings. The molecule has 3 N–H and O–H groups in total. The van der Waals surface area contributed by atoms with E-state index in [1.807, 2.05) is 0 Å². The van der Waals surface area contributed by atoms with Gasteiger partial charge in [0.15, 0.2) is 0 Å². The van der Waals surface area contributed by atoms with Gasteiger partial charge in [-0.05, 0) is 25.2 Å². The molecule has 13 heavy (non-hydrogen) atoms. The first-order valence-corrected chi connectivity index (χ1v) is 6.45. The van der Waals surface area contributed by atoms with Crippen molar-refractivity contribution in [2.45, 2.75) is 31.7 Å². The van der Waals surface area contributed by atoms with Crippen molar-refractivity contribution in [3.8, 4) is 0 Å². The standard InChI is InChI=1S/C8H18N2O2S/c1-7-3-4-8(5-7,6-9)10-13(2,11)12/h7,10H,3-6,9H2,1-2H3. The van der Waals surface area contributed by atoms with Crippen molar-refractivity contribution in [3.05, 3.63) is 0 Å². The molecule has 0 aromatic rings. The lowest BCUT2D eigenvalue weighted by Gasteiger charge is -2.27. The van der Waals surface area contributed by atoms with Crippen molar-refractivity contribution in [1.82, 2.24) is 4.72 Å². The van der Waals surface area contributed by atoms with E-state index in [9.17, 15) is 8.42 Å². The van der Waals surface area contributed by atoms with E-state index < -0.39 is 10.0 Å². The average Bonchev–Trinajstić information content (AvgIpc) is 2.29. The Labute approximate surface area is 79.9 Å². The Bertz CT molecular complexity index is 276. The largest absolute Gasteiger partial charge is 0.329 e. The van der Waals surface area contributed by atoms with Gasteiger partial charge in [-0.25, -0.2) is 13.1 Å². The van der Waals surface area contributed by atoms with Crippen LogP contribution in [0.15, 0.2) is 0 Å². The first kappa shape index (κ1) is 10.9. The van der Waals surface area contributed by atoms with E-state index in [-0.39, 0.29) is 5.54 Å². The molecule has 2 atom stereocenters. The Morgan fingerprint density at radius 2 is 2.23 bits per heavy atom. The zero-order valence-electron chi connectivity index (χ0n) is 8.21. The van der Waals surface area contributed by atoms with Gasteiger partial charge in [-0.3, -0.25) is 0 Å². The summed E-state index contributed by atoms with van der Waals surface area (Å²) in [6, 6.07) is 0. The van der Waals surface area contributed by atoms with E-state index in [1.165, 1.54) is 6.26 Å². The molecule has 0 bridgehead atoms. The molecular weight excluding hydrogens is 188 g/mol. The van der Waals surface area contributed by atoms with E-state index in [0.717, 1.165) is 19.3 Å². The van der Waals surface area contributed by atoms with Gasteiger partial charge in [-0.1, -0.05) is 6.92 Å². The maximum absolute atomic E-state index is 11.1. The molecule has 2 unspecified atom stereocenters. The molecule has 4 nitrogen and oxygen atoms in total. The van der Waals surface area contributed by atoms with Crippen LogP contribution in [0.4, 0.5) is 0 Å². The predicted octanol–water partition coefficient (Wildman–Crippen LogP) is 0.0531. The fourth-order valence-electron chi connectivity index (χ4n) is 2.11. The number of hydrogen-bond acceptors (Lipinski definition) is 3. The van der Waals surface area contributed by atoms with Crippen LogP contribution in [-0.4, -0.2) is 26.8 Å². The third-order valence-electron chi connectivity index (χ3n) is 2.65. The van der Waals surface area contributed by atoms with Gasteiger partial charge in [-0.15, -0.1) is 0 Å². The molecule has 1 saturated carbocycles. The summed E-state index contributed by atoms with van der Waals surface area (Å²) in [5.41, 5.74) is 5.24. The SMILES string of the molecule is CC1CCC(CN)(NS(C)(=O)=O)C1. The van der Waals surface area contributed by atoms with Crippen LogP contribution in [0.25, 0.3) is 0 Å². The lowest BCUT2D eigenvalue weighted by Crippen LogP contribution is -2.51. The maximum Gasteiger partial charge on any atom is 0.209 e. The Balaban J connectivity index is 2.72. The summed E-state index contributed by atoms with van der Waals surface area (Å²) >= 11 is 0. The molecule has 1 aliphatic carbocycles. The van der Waals surface area contributed by atoms with Crippen molar-refractivity contribution in [2.24, 2.45) is 11.7 Å². The van der Waals surface area contributed by atoms with E-state index in [2.05, 4.69) is 11.6 Å². The highest BCUT2D eigenvalue weighted by atomic mass is 32.2. The van der Waals surface area contributed by atoms with E-state index in [4.69, 9.17) is 5.73 Å². The topological polar surface area (TPSA) is 72.2 Å². The van der Waals surface area contributed by atoms with Crippen LogP contribution in [0.1, 0.15) is 26.2 Å². The zero-order valence-corrected chi connectivity index (χ0v) is 9.02. The average molecular weight is 206 g/mol. The van der Waals surface area contributed by atoms with Crippen LogP contribution >= 0.6 is 0 Å². The Hall–Kier alpha value is -0.130. The van der Waals surface area contributed by atoms with Crippen molar-refractivity contribution in [2.75, 3.05) is 12.8 Å². The number of rotatable bonds is 3. The second-order valence-electron chi connectivity index (χ2n) is 4.21. The second kappa shape index (κ2) is 3.55. The van der Waals surface area contributed by atoms with Crippen LogP contribution in [0.2, 0.25) is 0 Å². The highest BCUT2D eigenvalue weighted by molar-refractivity contribution is 7.88. The summed E-state index contributed by atoms with van der Waals surface area (Å²) in [7, 11) is -3.13. The van der Waals surface area contributed by atoms with Crippen LogP contribution in [0.3, 0.4) is 0 Å². The van der Waals surface area contributed by atoms with E-state index in [0.29, 0.717) is 12.5 Å². The van der Waals surface area contributed by atoms with Gasteiger partial charge >= 0.3 is 0 Å². The highest BCUT2D eigenvalue weighted by Crippen LogP contribution is 2.33. The first-order valence-electron chi connectivity index (χ1n) is 4.56. The molecule has 0 aliphatic heterocycles. The van der Waals surface area contributed by atoms with Crippen LogP contribution in [0.5, 0.6) is 0 Å². The lowest BCUT2D eigenvalue weighted by atomic mass is 9.98. The molecule has 0 aromatic heterocycles. The summed E-state index contributed by atoms with van der Waals surface area (Å²) in [4.78, 5) is 0. The number of sulfonamides is 1. The van der Waals surface area contributed by atoms with Gasteiger partial charge in [0.25, 0.3) is 0 Å². The van der Waals surface area contributed by atoms with Gasteiger partial charge in [0.05, 0.1) is 6.26 Å². The zero-order chi connectivity index (χ0) is 10.1. The summed E-state index contributed by atoms with van der Waals surface area (Å²) < 4.78 is 24.8. The minimum absolute atomic E-state index is 0.368. The summed E-state index contributed by atoms with van der Waals surface area (Å²) in [6.45, 7) is 2.52. The van der Waals surface area contributed by atoms with Gasteiger partial charge in [-0.2, -0.15) is 0 Å². The Morgan fingerprint density at radius 1 is 1.62 bits per heavy atom. The third kappa shape index (κ3) is 2.93. The second-order valence-corrected chi connectivity index (χ2v) is 5.96. The van der Waals surface area contributed by atoms with Gasteiger partial charge < -0.3 is 5.73 Å². The van der Waals surface area contributed by atoms with Gasteiger partial charge in [0.2, 0.25) is 10.0 Å². The molecule has 78 valence electrons. The lowest BCUT2D eigenvalue weighted by molar-refractivity contribution is 0.387. The summed E-state index contributed by atoms with van der Waals surface area (Å²) in [6.07, 6.45) is 3.96. The number of nitrogens with two attached hydrogens (primary N) is 1. The Kier molecular flexibility index (Phi) is 2.99. The van der Waals surface area contributed by atoms with E-state index >= 15 is 0 Å². The van der Waals surface area contributed by atoms with Crippen molar-refractivity contribution < 1.29 is 8.42 Å². The molecule has 0 aromatic carbocycles. The van der Waals surface area contributed by atoms with Crippen LogP contribution in [-0.2, 0) is 10.0 Å². The molecule has 0 radical (unpaired) electrons. The first-order chi connectivity index (χ1) is 5.87. The molecule has 0 heterocycles. The number of hydrogen-bond donors (Lipinski definition) is 2. The minimum atomic E-state index is -3.13. The molecular formula is C8H18N2O2S. The molecule has 1 rings (SSSR count). The van der Waals surface area contributed by atoms with Crippen molar-refractivity contribution >= 4 is 10.0 Å². The molecule has 0 saturated heterocycles.